The maximum Gasteiger partial charge on any atom is 0.256 e. The van der Waals surface area contributed by atoms with Crippen molar-refractivity contribution in [2.45, 2.75) is 25.5 Å². The predicted molar refractivity (Wildman–Crippen MR) is 106 cm³/mol. The Kier molecular flexibility index (Phi) is 5.04. The fourth-order valence-corrected chi connectivity index (χ4v) is 3.47. The zero-order chi connectivity index (χ0) is 21.3. The normalized spacial score (nSPS) is 18.4. The first-order valence-electron chi connectivity index (χ1n) is 9.38. The van der Waals surface area contributed by atoms with E-state index >= 15 is 0 Å². The molecule has 0 aliphatic carbocycles. The SMILES string of the molecule is Cc1oc2ccc(OCc3cccnc3O)cc2c1C(=O)NC1(C(N)=O)CCOC1. The molecule has 156 valence electrons. The van der Waals surface area contributed by atoms with Crippen molar-refractivity contribution in [1.82, 2.24) is 10.3 Å². The zero-order valence-electron chi connectivity index (χ0n) is 16.3. The van der Waals surface area contributed by atoms with E-state index in [0.29, 0.717) is 46.6 Å². The molecule has 1 aromatic carbocycles. The molecular weight excluding hydrogens is 390 g/mol. The van der Waals surface area contributed by atoms with Gasteiger partial charge in [-0.25, -0.2) is 4.98 Å². The highest BCUT2D eigenvalue weighted by Crippen LogP contribution is 2.31. The summed E-state index contributed by atoms with van der Waals surface area (Å²) >= 11 is 0. The van der Waals surface area contributed by atoms with Gasteiger partial charge in [0, 0.05) is 24.6 Å². The van der Waals surface area contributed by atoms with Gasteiger partial charge in [-0.2, -0.15) is 0 Å². The highest BCUT2D eigenvalue weighted by Gasteiger charge is 2.43. The summed E-state index contributed by atoms with van der Waals surface area (Å²) in [6, 6.07) is 8.48. The van der Waals surface area contributed by atoms with Gasteiger partial charge in [0.15, 0.2) is 0 Å². The summed E-state index contributed by atoms with van der Waals surface area (Å²) in [7, 11) is 0. The topological polar surface area (TPSA) is 137 Å². The maximum atomic E-state index is 13.0. The van der Waals surface area contributed by atoms with Crippen LogP contribution in [0.4, 0.5) is 0 Å². The summed E-state index contributed by atoms with van der Waals surface area (Å²) in [6.07, 6.45) is 1.80. The quantitative estimate of drug-likeness (QED) is 0.562. The highest BCUT2D eigenvalue weighted by molar-refractivity contribution is 6.09. The highest BCUT2D eigenvalue weighted by atomic mass is 16.5. The van der Waals surface area contributed by atoms with E-state index in [1.165, 1.54) is 6.20 Å². The Hall–Kier alpha value is -3.59. The number of hydrogen-bond donors (Lipinski definition) is 3. The third-order valence-corrected chi connectivity index (χ3v) is 5.17. The number of aromatic hydroxyl groups is 1. The second kappa shape index (κ2) is 7.68. The molecule has 0 saturated carbocycles. The van der Waals surface area contributed by atoms with E-state index in [1.807, 2.05) is 0 Å². The largest absolute Gasteiger partial charge is 0.493 e. The molecule has 1 atom stereocenters. The Morgan fingerprint density at radius 2 is 2.20 bits per heavy atom. The van der Waals surface area contributed by atoms with Crippen molar-refractivity contribution < 1.29 is 28.6 Å². The Morgan fingerprint density at radius 1 is 1.37 bits per heavy atom. The van der Waals surface area contributed by atoms with E-state index in [4.69, 9.17) is 19.6 Å². The van der Waals surface area contributed by atoms with Crippen LogP contribution in [0.25, 0.3) is 11.0 Å². The molecule has 0 spiro atoms. The molecule has 9 nitrogen and oxygen atoms in total. The molecule has 30 heavy (non-hydrogen) atoms. The minimum absolute atomic E-state index is 0.0336. The number of ether oxygens (including phenoxy) is 2. The van der Waals surface area contributed by atoms with Gasteiger partial charge in [0.05, 0.1) is 17.7 Å². The lowest BCUT2D eigenvalue weighted by atomic mass is 9.97. The fourth-order valence-electron chi connectivity index (χ4n) is 3.47. The second-order valence-electron chi connectivity index (χ2n) is 7.17. The molecule has 1 aliphatic rings. The molecule has 9 heteroatoms. The number of carbonyl (C=O) groups excluding carboxylic acids is 2. The van der Waals surface area contributed by atoms with Gasteiger partial charge in [-0.3, -0.25) is 9.59 Å². The van der Waals surface area contributed by atoms with Crippen LogP contribution in [0.15, 0.2) is 40.9 Å². The predicted octanol–water partition coefficient (Wildman–Crippen LogP) is 1.80. The Labute approximate surface area is 171 Å². The van der Waals surface area contributed by atoms with Gasteiger partial charge < -0.3 is 30.0 Å². The summed E-state index contributed by atoms with van der Waals surface area (Å²) in [5, 5.41) is 13.0. The minimum atomic E-state index is -1.24. The van der Waals surface area contributed by atoms with Crippen LogP contribution in [0, 0.1) is 6.92 Å². The molecule has 1 saturated heterocycles. The fraction of sp³-hybridized carbons (Fsp3) is 0.286. The number of carbonyl (C=O) groups is 2. The van der Waals surface area contributed by atoms with Crippen molar-refractivity contribution in [2.75, 3.05) is 13.2 Å². The van der Waals surface area contributed by atoms with Crippen molar-refractivity contribution in [1.29, 1.82) is 0 Å². The van der Waals surface area contributed by atoms with Crippen LogP contribution in [-0.2, 0) is 16.1 Å². The van der Waals surface area contributed by atoms with Crippen LogP contribution in [0.2, 0.25) is 0 Å². The number of nitrogens with zero attached hydrogens (tertiary/aromatic N) is 1. The van der Waals surface area contributed by atoms with Crippen LogP contribution in [0.3, 0.4) is 0 Å². The van der Waals surface area contributed by atoms with Crippen molar-refractivity contribution in [3.63, 3.8) is 0 Å². The van der Waals surface area contributed by atoms with E-state index in [1.54, 1.807) is 37.3 Å². The lowest BCUT2D eigenvalue weighted by Crippen LogP contribution is -2.58. The number of nitrogens with two attached hydrogens (primary N) is 1. The standard InChI is InChI=1S/C21H21N3O6/c1-12-17(19(26)24-21(20(22)27)6-8-28-11-21)15-9-14(4-5-16(15)30-12)29-10-13-3-2-7-23-18(13)25/h2-5,7,9H,6,8,10-11H2,1H3,(H2,22,27)(H,23,25)(H,24,26). The average Bonchev–Trinajstić information content (AvgIpc) is 3.31. The van der Waals surface area contributed by atoms with Crippen molar-refractivity contribution >= 4 is 22.8 Å². The monoisotopic (exact) mass is 411 g/mol. The van der Waals surface area contributed by atoms with Crippen LogP contribution < -0.4 is 15.8 Å². The molecule has 0 radical (unpaired) electrons. The number of amides is 2. The van der Waals surface area contributed by atoms with E-state index in [0.717, 1.165) is 0 Å². The summed E-state index contributed by atoms with van der Waals surface area (Å²) in [6.45, 7) is 2.15. The molecule has 4 rings (SSSR count). The number of benzene rings is 1. The third kappa shape index (κ3) is 3.55. The minimum Gasteiger partial charge on any atom is -0.493 e. The van der Waals surface area contributed by atoms with Gasteiger partial charge in [-0.15, -0.1) is 0 Å². The zero-order valence-corrected chi connectivity index (χ0v) is 16.3. The third-order valence-electron chi connectivity index (χ3n) is 5.17. The maximum absolute atomic E-state index is 13.0. The molecule has 2 amide bonds. The van der Waals surface area contributed by atoms with E-state index in [9.17, 15) is 14.7 Å². The van der Waals surface area contributed by atoms with Gasteiger partial charge >= 0.3 is 0 Å². The van der Waals surface area contributed by atoms with Gasteiger partial charge in [-0.05, 0) is 37.3 Å². The number of rotatable bonds is 6. The van der Waals surface area contributed by atoms with Crippen molar-refractivity contribution in [3.8, 4) is 11.6 Å². The van der Waals surface area contributed by atoms with Crippen molar-refractivity contribution in [2.24, 2.45) is 5.73 Å². The number of fused-ring (bicyclic) bond motifs is 1. The number of nitrogens with one attached hydrogen (secondary N) is 1. The molecule has 2 aromatic heterocycles. The first-order chi connectivity index (χ1) is 14.4. The molecule has 1 fully saturated rings. The molecular formula is C21H21N3O6. The number of primary amides is 1. The Bertz CT molecular complexity index is 1120. The van der Waals surface area contributed by atoms with Crippen LogP contribution in [0.5, 0.6) is 11.6 Å². The van der Waals surface area contributed by atoms with E-state index < -0.39 is 17.4 Å². The number of aromatic nitrogens is 1. The number of pyridine rings is 1. The molecule has 1 aliphatic heterocycles. The molecule has 1 unspecified atom stereocenters. The first kappa shape index (κ1) is 19.7. The van der Waals surface area contributed by atoms with E-state index in [2.05, 4.69) is 10.3 Å². The number of hydrogen-bond acceptors (Lipinski definition) is 7. The van der Waals surface area contributed by atoms with Crippen molar-refractivity contribution in [3.05, 3.63) is 53.4 Å². The Balaban J connectivity index is 1.61. The van der Waals surface area contributed by atoms with Gasteiger partial charge in [0.1, 0.15) is 29.2 Å². The van der Waals surface area contributed by atoms with Gasteiger partial charge in [-0.1, -0.05) is 0 Å². The summed E-state index contributed by atoms with van der Waals surface area (Å²) in [5.41, 5.74) is 5.61. The molecule has 0 bridgehead atoms. The molecule has 3 aromatic rings. The first-order valence-corrected chi connectivity index (χ1v) is 9.38. The molecule has 3 heterocycles. The second-order valence-corrected chi connectivity index (χ2v) is 7.17. The summed E-state index contributed by atoms with van der Waals surface area (Å²) in [5.74, 6) is -0.331. The smallest absolute Gasteiger partial charge is 0.256 e. The Morgan fingerprint density at radius 3 is 2.90 bits per heavy atom. The lowest BCUT2D eigenvalue weighted by molar-refractivity contribution is -0.124. The summed E-state index contributed by atoms with van der Waals surface area (Å²) in [4.78, 5) is 28.8. The van der Waals surface area contributed by atoms with Crippen LogP contribution in [-0.4, -0.2) is 40.7 Å². The van der Waals surface area contributed by atoms with Crippen LogP contribution >= 0.6 is 0 Å². The van der Waals surface area contributed by atoms with Gasteiger partial charge in [0.25, 0.3) is 5.91 Å². The number of aryl methyl sites for hydroxylation is 1. The lowest BCUT2D eigenvalue weighted by Gasteiger charge is -2.24. The number of furan rings is 1. The van der Waals surface area contributed by atoms with E-state index in [-0.39, 0.29) is 19.1 Å². The average molecular weight is 411 g/mol. The van der Waals surface area contributed by atoms with Gasteiger partial charge in [0.2, 0.25) is 11.8 Å². The molecule has 4 N–H and O–H groups in total. The van der Waals surface area contributed by atoms with Crippen LogP contribution in [0.1, 0.15) is 28.1 Å². The summed E-state index contributed by atoms with van der Waals surface area (Å²) < 4.78 is 16.7.